The Morgan fingerprint density at radius 2 is 0.821 bits per heavy atom. The summed E-state index contributed by atoms with van der Waals surface area (Å²) in [5.74, 6) is 0. The number of hydrogen-bond donors (Lipinski definition) is 0. The van der Waals surface area contributed by atoms with Crippen LogP contribution in [0.5, 0.6) is 0 Å². The zero-order valence-electron chi connectivity index (χ0n) is 14.3. The fraction of sp³-hybridized carbons (Fsp3) is 0.250. The summed E-state index contributed by atoms with van der Waals surface area (Å²) in [6.45, 7) is 3.51. The first-order valence-electron chi connectivity index (χ1n) is 7.27. The minimum atomic E-state index is -3.46. The van der Waals surface area contributed by atoms with Crippen LogP contribution in [-0.4, -0.2) is 19.8 Å². The number of benzene rings is 2. The van der Waals surface area contributed by atoms with Crippen LogP contribution in [-0.2, 0) is 19.7 Å². The standard InChI is InChI=1S/2C8H7Br3O2S/c2*1-6-4-2-3-5-7(6)14(12,13)8(9,10)11/h2*2-5H,1H3. The monoisotopic (exact) mass is 808 g/mol. The first-order valence-corrected chi connectivity index (χ1v) is 15.0. The average Bonchev–Trinajstić information content (AvgIpc) is 2.54. The van der Waals surface area contributed by atoms with Crippen LogP contribution in [0.4, 0.5) is 0 Å². The first kappa shape index (κ1) is 27.3. The molecule has 4 nitrogen and oxygen atoms in total. The second-order valence-electron chi connectivity index (χ2n) is 5.43. The lowest BCUT2D eigenvalue weighted by Gasteiger charge is -2.14. The van der Waals surface area contributed by atoms with Gasteiger partial charge in [-0.25, -0.2) is 16.8 Å². The molecule has 0 aliphatic carbocycles. The van der Waals surface area contributed by atoms with Gasteiger partial charge in [0.05, 0.1) is 9.79 Å². The van der Waals surface area contributed by atoms with E-state index in [1.807, 2.05) is 0 Å². The second-order valence-corrected chi connectivity index (χ2v) is 26.2. The van der Waals surface area contributed by atoms with Gasteiger partial charge in [-0.2, -0.15) is 0 Å². The largest absolute Gasteiger partial charge is 0.239 e. The fourth-order valence-electron chi connectivity index (χ4n) is 1.97. The Labute approximate surface area is 215 Å². The van der Waals surface area contributed by atoms with Crippen molar-refractivity contribution in [2.45, 2.75) is 26.6 Å². The second kappa shape index (κ2) is 10.2. The molecule has 12 heteroatoms. The Morgan fingerprint density at radius 3 is 1.04 bits per heavy atom. The molecule has 0 unspecified atom stereocenters. The van der Waals surface area contributed by atoms with E-state index >= 15 is 0 Å². The first-order chi connectivity index (χ1) is 12.5. The molecule has 28 heavy (non-hydrogen) atoms. The number of aryl methyl sites for hydroxylation is 2. The number of alkyl halides is 6. The lowest BCUT2D eigenvalue weighted by atomic mass is 10.2. The molecule has 2 aromatic carbocycles. The molecule has 0 fully saturated rings. The van der Waals surface area contributed by atoms with Gasteiger partial charge < -0.3 is 0 Å². The maximum Gasteiger partial charge on any atom is 0.239 e. The topological polar surface area (TPSA) is 68.3 Å². The molecule has 0 saturated heterocycles. The van der Waals surface area contributed by atoms with Gasteiger partial charge in [-0.1, -0.05) is 36.4 Å². The molecule has 0 aliphatic heterocycles. The highest BCUT2D eigenvalue weighted by Gasteiger charge is 2.38. The molecular weight excluding hydrogens is 800 g/mol. The maximum absolute atomic E-state index is 11.9. The van der Waals surface area contributed by atoms with Crippen LogP contribution in [0.1, 0.15) is 11.1 Å². The van der Waals surface area contributed by atoms with E-state index in [9.17, 15) is 16.8 Å². The summed E-state index contributed by atoms with van der Waals surface area (Å²) in [4.78, 5) is 0.594. The Kier molecular flexibility index (Phi) is 9.95. The highest BCUT2D eigenvalue weighted by molar-refractivity contribution is 9.42. The molecule has 0 aromatic heterocycles. The average molecular weight is 814 g/mol. The van der Waals surface area contributed by atoms with Crippen LogP contribution in [0.2, 0.25) is 0 Å². The Morgan fingerprint density at radius 1 is 0.571 bits per heavy atom. The van der Waals surface area contributed by atoms with Gasteiger partial charge in [0, 0.05) is 0 Å². The molecule has 0 heterocycles. The number of hydrogen-bond acceptors (Lipinski definition) is 4. The van der Waals surface area contributed by atoms with E-state index in [0.717, 1.165) is 11.1 Å². The lowest BCUT2D eigenvalue weighted by Crippen LogP contribution is -2.18. The molecule has 2 aromatic rings. The molecule has 0 atom stereocenters. The summed E-state index contributed by atoms with van der Waals surface area (Å²) < 4.78 is 45.1. The lowest BCUT2D eigenvalue weighted by molar-refractivity contribution is 0.596. The highest BCUT2D eigenvalue weighted by Crippen LogP contribution is 2.44. The van der Waals surface area contributed by atoms with E-state index in [-0.39, 0.29) is 0 Å². The minimum Gasteiger partial charge on any atom is -0.220 e. The van der Waals surface area contributed by atoms with Crippen LogP contribution in [0.15, 0.2) is 58.3 Å². The number of rotatable bonds is 2. The normalized spacial score (nSPS) is 12.9. The molecule has 0 aliphatic rings. The van der Waals surface area contributed by atoms with Crippen LogP contribution < -0.4 is 0 Å². The van der Waals surface area contributed by atoms with E-state index in [0.29, 0.717) is 9.79 Å². The van der Waals surface area contributed by atoms with Crippen molar-refractivity contribution in [3.05, 3.63) is 59.7 Å². The molecular formula is C16H14Br6O4S2. The fourth-order valence-corrected chi connectivity index (χ4v) is 7.10. The SMILES string of the molecule is Cc1ccccc1S(=O)(=O)C(Br)(Br)Br.Cc1ccccc1S(=O)(=O)C(Br)(Br)Br. The van der Waals surface area contributed by atoms with Crippen molar-refractivity contribution >= 4 is 115 Å². The van der Waals surface area contributed by atoms with Gasteiger partial charge in [0.15, 0.2) is 0 Å². The number of halogens is 6. The van der Waals surface area contributed by atoms with Gasteiger partial charge in [0.25, 0.3) is 0 Å². The third-order valence-corrected chi connectivity index (χ3v) is 14.3. The van der Waals surface area contributed by atoms with Gasteiger partial charge in [-0.15, -0.1) is 0 Å². The summed E-state index contributed by atoms with van der Waals surface area (Å²) in [5, 5.41) is 0. The van der Waals surface area contributed by atoms with Crippen LogP contribution in [0, 0.1) is 13.8 Å². The van der Waals surface area contributed by atoms with Gasteiger partial charge >= 0.3 is 0 Å². The summed E-state index contributed by atoms with van der Waals surface area (Å²) in [6.07, 6.45) is 0. The van der Waals surface area contributed by atoms with Crippen molar-refractivity contribution in [2.75, 3.05) is 0 Å². The zero-order chi connectivity index (χ0) is 22.0. The van der Waals surface area contributed by atoms with Gasteiger partial charge in [-0.3, -0.25) is 0 Å². The minimum absolute atomic E-state index is 0.297. The van der Waals surface area contributed by atoms with Crippen molar-refractivity contribution < 1.29 is 16.8 Å². The van der Waals surface area contributed by atoms with Crippen LogP contribution in [0.3, 0.4) is 0 Å². The van der Waals surface area contributed by atoms with E-state index in [1.54, 1.807) is 62.4 Å². The van der Waals surface area contributed by atoms with Crippen molar-refractivity contribution in [3.8, 4) is 0 Å². The molecule has 156 valence electrons. The molecule has 0 amide bonds. The predicted octanol–water partition coefficient (Wildman–Crippen LogP) is 7.13. The Hall–Kier alpha value is 1.22. The molecule has 0 N–H and O–H groups in total. The summed E-state index contributed by atoms with van der Waals surface area (Å²) in [5.41, 5.74) is 1.44. The van der Waals surface area contributed by atoms with Crippen molar-refractivity contribution in [2.24, 2.45) is 0 Å². The maximum atomic E-state index is 11.9. The molecule has 0 saturated carbocycles. The third-order valence-electron chi connectivity index (χ3n) is 3.38. The van der Waals surface area contributed by atoms with Crippen molar-refractivity contribution in [1.82, 2.24) is 0 Å². The summed E-state index contributed by atoms with van der Waals surface area (Å²) >= 11 is 18.1. The zero-order valence-corrected chi connectivity index (χ0v) is 25.5. The molecule has 2 rings (SSSR count). The summed E-state index contributed by atoms with van der Waals surface area (Å²) in [7, 11) is -6.91. The van der Waals surface area contributed by atoms with Crippen molar-refractivity contribution in [3.63, 3.8) is 0 Å². The predicted molar refractivity (Wildman–Crippen MR) is 136 cm³/mol. The quantitative estimate of drug-likeness (QED) is 0.303. The molecule has 0 bridgehead atoms. The molecule has 0 radical (unpaired) electrons. The van der Waals surface area contributed by atoms with E-state index < -0.39 is 22.6 Å². The third kappa shape index (κ3) is 6.61. The van der Waals surface area contributed by atoms with Crippen LogP contribution in [0.25, 0.3) is 0 Å². The van der Waals surface area contributed by atoms with Gasteiger partial charge in [-0.05, 0) is 133 Å². The van der Waals surface area contributed by atoms with E-state index in [1.165, 1.54) is 0 Å². The van der Waals surface area contributed by atoms with E-state index in [2.05, 4.69) is 95.6 Å². The smallest absolute Gasteiger partial charge is 0.220 e. The number of sulfone groups is 2. The molecule has 0 spiro atoms. The van der Waals surface area contributed by atoms with Crippen molar-refractivity contribution in [1.29, 1.82) is 0 Å². The van der Waals surface area contributed by atoms with E-state index in [4.69, 9.17) is 0 Å². The highest BCUT2D eigenvalue weighted by atomic mass is 80.0. The Bertz CT molecular complexity index is 954. The van der Waals surface area contributed by atoms with Crippen LogP contribution >= 0.6 is 95.6 Å². The van der Waals surface area contributed by atoms with Gasteiger partial charge in [0.2, 0.25) is 22.6 Å². The summed E-state index contributed by atoms with van der Waals surface area (Å²) in [6, 6.07) is 13.6. The Balaban J connectivity index is 0.000000280. The van der Waals surface area contributed by atoms with Gasteiger partial charge in [0.1, 0.15) is 0 Å².